The monoisotopic (exact) mass is 278 g/mol. The van der Waals surface area contributed by atoms with Crippen molar-refractivity contribution in [3.63, 3.8) is 0 Å². The van der Waals surface area contributed by atoms with Gasteiger partial charge in [-0.3, -0.25) is 4.79 Å². The van der Waals surface area contributed by atoms with E-state index in [0.29, 0.717) is 43.0 Å². The van der Waals surface area contributed by atoms with Gasteiger partial charge >= 0.3 is 0 Å². The summed E-state index contributed by atoms with van der Waals surface area (Å²) in [6.45, 7) is 5.66. The van der Waals surface area contributed by atoms with Crippen LogP contribution in [0.15, 0.2) is 18.2 Å². The van der Waals surface area contributed by atoms with Crippen LogP contribution in [0.2, 0.25) is 0 Å². The average molecular weight is 278 g/mol. The topological polar surface area (TPSA) is 64.2 Å². The van der Waals surface area contributed by atoms with E-state index in [1.807, 2.05) is 13.8 Å². The summed E-state index contributed by atoms with van der Waals surface area (Å²) in [4.78, 5) is 17.9. The third-order valence-electron chi connectivity index (χ3n) is 3.41. The highest BCUT2D eigenvalue weighted by Crippen LogP contribution is 2.19. The molecule has 1 heterocycles. The van der Waals surface area contributed by atoms with Crippen molar-refractivity contribution in [2.24, 2.45) is 0 Å². The molecule has 1 aromatic heterocycles. The average Bonchev–Trinajstić information content (AvgIpc) is 2.73. The van der Waals surface area contributed by atoms with E-state index < -0.39 is 0 Å². The molecule has 0 aliphatic heterocycles. The number of nitrogen functional groups attached to an aromatic ring is 1. The molecule has 0 aliphatic rings. The predicted molar refractivity (Wildman–Crippen MR) is 76.6 cm³/mol. The number of halogens is 1. The lowest BCUT2D eigenvalue weighted by Crippen LogP contribution is -2.31. The minimum absolute atomic E-state index is 0.0626. The van der Waals surface area contributed by atoms with Crippen LogP contribution in [0.4, 0.5) is 10.3 Å². The molecule has 0 unspecified atom stereocenters. The van der Waals surface area contributed by atoms with Crippen molar-refractivity contribution in [2.75, 3.05) is 18.8 Å². The van der Waals surface area contributed by atoms with Crippen LogP contribution < -0.4 is 5.73 Å². The van der Waals surface area contributed by atoms with Crippen molar-refractivity contribution >= 4 is 22.9 Å². The van der Waals surface area contributed by atoms with Crippen molar-refractivity contribution < 1.29 is 9.18 Å². The lowest BCUT2D eigenvalue weighted by Gasteiger charge is -2.18. The molecule has 0 spiro atoms. The van der Waals surface area contributed by atoms with Crippen LogP contribution in [0, 0.1) is 5.82 Å². The van der Waals surface area contributed by atoms with Gasteiger partial charge < -0.3 is 15.2 Å². The van der Waals surface area contributed by atoms with Crippen LogP contribution in [0.1, 0.15) is 20.3 Å². The Morgan fingerprint density at radius 1 is 1.40 bits per heavy atom. The largest absolute Gasteiger partial charge is 0.369 e. The number of aromatic nitrogens is 2. The molecule has 0 saturated heterocycles. The van der Waals surface area contributed by atoms with Gasteiger partial charge in [0.2, 0.25) is 11.9 Å². The van der Waals surface area contributed by atoms with E-state index in [1.165, 1.54) is 12.1 Å². The van der Waals surface area contributed by atoms with Crippen LogP contribution in [-0.2, 0) is 11.3 Å². The summed E-state index contributed by atoms with van der Waals surface area (Å²) >= 11 is 0. The Labute approximate surface area is 117 Å². The quantitative estimate of drug-likeness (QED) is 0.910. The van der Waals surface area contributed by atoms with Crippen LogP contribution in [-0.4, -0.2) is 33.4 Å². The Hall–Kier alpha value is -2.11. The highest BCUT2D eigenvalue weighted by atomic mass is 19.1. The first-order valence-corrected chi connectivity index (χ1v) is 6.75. The Balaban J connectivity index is 2.19. The van der Waals surface area contributed by atoms with Crippen LogP contribution >= 0.6 is 0 Å². The molecule has 2 aromatic rings. The maximum absolute atomic E-state index is 13.3. The van der Waals surface area contributed by atoms with Crippen molar-refractivity contribution in [2.45, 2.75) is 26.8 Å². The molecule has 0 saturated carbocycles. The number of aryl methyl sites for hydroxylation is 1. The number of amides is 1. The lowest BCUT2D eigenvalue weighted by molar-refractivity contribution is -0.131. The molecule has 1 aromatic carbocycles. The first-order chi connectivity index (χ1) is 9.56. The fourth-order valence-corrected chi connectivity index (χ4v) is 2.29. The van der Waals surface area contributed by atoms with E-state index >= 15 is 0 Å². The van der Waals surface area contributed by atoms with Crippen LogP contribution in [0.5, 0.6) is 0 Å². The second-order valence-corrected chi connectivity index (χ2v) is 4.57. The number of anilines is 1. The van der Waals surface area contributed by atoms with E-state index in [4.69, 9.17) is 5.73 Å². The van der Waals surface area contributed by atoms with Gasteiger partial charge in [0.25, 0.3) is 0 Å². The number of rotatable bonds is 5. The zero-order chi connectivity index (χ0) is 14.7. The van der Waals surface area contributed by atoms with E-state index in [9.17, 15) is 9.18 Å². The van der Waals surface area contributed by atoms with Gasteiger partial charge in [0.05, 0.1) is 11.0 Å². The Morgan fingerprint density at radius 2 is 2.10 bits per heavy atom. The van der Waals surface area contributed by atoms with Gasteiger partial charge in [0.15, 0.2) is 0 Å². The summed E-state index contributed by atoms with van der Waals surface area (Å²) in [5.74, 6) is 0.0271. The molecule has 0 atom stereocenters. The number of fused-ring (bicyclic) bond motifs is 1. The van der Waals surface area contributed by atoms with E-state index in [0.717, 1.165) is 0 Å². The first-order valence-electron chi connectivity index (χ1n) is 6.75. The summed E-state index contributed by atoms with van der Waals surface area (Å²) < 4.78 is 15.0. The van der Waals surface area contributed by atoms with Gasteiger partial charge in [-0.25, -0.2) is 9.37 Å². The number of nitrogens with zero attached hydrogens (tertiary/aromatic N) is 3. The molecule has 0 radical (unpaired) electrons. The highest BCUT2D eigenvalue weighted by Gasteiger charge is 2.13. The fourth-order valence-electron chi connectivity index (χ4n) is 2.29. The number of hydrogen-bond donors (Lipinski definition) is 1. The molecule has 20 heavy (non-hydrogen) atoms. The second-order valence-electron chi connectivity index (χ2n) is 4.57. The number of imidazole rings is 1. The number of carbonyl (C=O) groups is 1. The molecular weight excluding hydrogens is 259 g/mol. The smallest absolute Gasteiger partial charge is 0.224 e. The number of hydrogen-bond acceptors (Lipinski definition) is 3. The molecule has 6 heteroatoms. The Bertz CT molecular complexity index is 619. The molecule has 1 amide bonds. The zero-order valence-corrected chi connectivity index (χ0v) is 11.8. The third-order valence-corrected chi connectivity index (χ3v) is 3.41. The Kier molecular flexibility index (Phi) is 4.22. The van der Waals surface area contributed by atoms with Crippen LogP contribution in [0.25, 0.3) is 11.0 Å². The van der Waals surface area contributed by atoms with Crippen molar-refractivity contribution in [1.82, 2.24) is 14.5 Å². The van der Waals surface area contributed by atoms with Gasteiger partial charge in [-0.05, 0) is 32.0 Å². The van der Waals surface area contributed by atoms with Gasteiger partial charge in [-0.15, -0.1) is 0 Å². The molecule has 2 N–H and O–H groups in total. The molecule has 2 rings (SSSR count). The van der Waals surface area contributed by atoms with Crippen LogP contribution in [0.3, 0.4) is 0 Å². The molecule has 5 nitrogen and oxygen atoms in total. The van der Waals surface area contributed by atoms with Gasteiger partial charge in [0, 0.05) is 26.1 Å². The standard InChI is InChI=1S/C14H19FN4O/c1-3-18(4-2)13(20)7-8-19-12-9-10(15)5-6-11(12)17-14(19)16/h5-6,9H,3-4,7-8H2,1-2H3,(H2,16,17). The maximum atomic E-state index is 13.3. The molecule has 0 fully saturated rings. The van der Waals surface area contributed by atoms with Gasteiger partial charge in [-0.1, -0.05) is 0 Å². The van der Waals surface area contributed by atoms with E-state index in [1.54, 1.807) is 15.5 Å². The third kappa shape index (κ3) is 2.74. The number of nitrogens with two attached hydrogens (primary N) is 1. The lowest BCUT2D eigenvalue weighted by atomic mass is 10.3. The van der Waals surface area contributed by atoms with Gasteiger partial charge in [-0.2, -0.15) is 0 Å². The summed E-state index contributed by atoms with van der Waals surface area (Å²) in [7, 11) is 0. The number of benzene rings is 1. The predicted octanol–water partition coefficient (Wildman–Crippen LogP) is 2.02. The molecular formula is C14H19FN4O. The van der Waals surface area contributed by atoms with E-state index in [-0.39, 0.29) is 11.7 Å². The summed E-state index contributed by atoms with van der Waals surface area (Å²) in [5, 5.41) is 0. The summed E-state index contributed by atoms with van der Waals surface area (Å²) in [6, 6.07) is 4.32. The zero-order valence-electron chi connectivity index (χ0n) is 11.8. The molecule has 0 bridgehead atoms. The van der Waals surface area contributed by atoms with Gasteiger partial charge in [0.1, 0.15) is 5.82 Å². The minimum atomic E-state index is -0.339. The number of carbonyl (C=O) groups excluding carboxylic acids is 1. The first kappa shape index (κ1) is 14.3. The summed E-state index contributed by atoms with van der Waals surface area (Å²) in [5.41, 5.74) is 7.09. The molecule has 0 aliphatic carbocycles. The van der Waals surface area contributed by atoms with E-state index in [2.05, 4.69) is 4.98 Å². The second kappa shape index (κ2) is 5.90. The van der Waals surface area contributed by atoms with Crippen molar-refractivity contribution in [3.8, 4) is 0 Å². The van der Waals surface area contributed by atoms with Crippen molar-refractivity contribution in [3.05, 3.63) is 24.0 Å². The normalized spacial score (nSPS) is 10.9. The highest BCUT2D eigenvalue weighted by molar-refractivity contribution is 5.79. The Morgan fingerprint density at radius 3 is 2.75 bits per heavy atom. The van der Waals surface area contributed by atoms with Crippen molar-refractivity contribution in [1.29, 1.82) is 0 Å². The SMILES string of the molecule is CCN(CC)C(=O)CCn1c(N)nc2ccc(F)cc21. The minimum Gasteiger partial charge on any atom is -0.369 e. The molecule has 108 valence electrons. The summed E-state index contributed by atoms with van der Waals surface area (Å²) in [6.07, 6.45) is 0.327. The maximum Gasteiger partial charge on any atom is 0.224 e. The fraction of sp³-hybridized carbons (Fsp3) is 0.429.